The van der Waals surface area contributed by atoms with E-state index in [1.54, 1.807) is 0 Å². The van der Waals surface area contributed by atoms with Gasteiger partial charge in [-0.15, -0.1) is 0 Å². The second-order valence-corrected chi connectivity index (χ2v) is 7.09. The fourth-order valence-corrected chi connectivity index (χ4v) is 3.52. The molecule has 0 heterocycles. The minimum atomic E-state index is -2.50. The second-order valence-electron chi connectivity index (χ2n) is 7.09. The van der Waals surface area contributed by atoms with Gasteiger partial charge in [0, 0.05) is 12.8 Å². The summed E-state index contributed by atoms with van der Waals surface area (Å²) in [5, 5.41) is 10.7. The normalized spacial score (nSPS) is 24.2. The molecule has 0 aliphatic heterocycles. The van der Waals surface area contributed by atoms with Crippen LogP contribution in [0.4, 0.5) is 8.78 Å². The predicted molar refractivity (Wildman–Crippen MR) is 70.8 cm³/mol. The van der Waals surface area contributed by atoms with E-state index >= 15 is 0 Å². The molecule has 18 heavy (non-hydrogen) atoms. The molecule has 1 atom stereocenters. The first kappa shape index (κ1) is 15.9. The second kappa shape index (κ2) is 5.85. The van der Waals surface area contributed by atoms with Crippen molar-refractivity contribution in [2.45, 2.75) is 77.7 Å². The lowest BCUT2D eigenvalue weighted by Gasteiger charge is -2.34. The average molecular weight is 262 g/mol. The highest BCUT2D eigenvalue weighted by Crippen LogP contribution is 2.44. The lowest BCUT2D eigenvalue weighted by molar-refractivity contribution is -0.0305. The standard InChI is InChI=1S/C15H28F2O/c1-11(2)7-14(18,8-12(3)4)9-13-5-6-15(16,17)10-13/h11-13,18H,5-10H2,1-4H3. The van der Waals surface area contributed by atoms with E-state index in [0.29, 0.717) is 37.5 Å². The molecule has 1 aliphatic carbocycles. The van der Waals surface area contributed by atoms with E-state index in [2.05, 4.69) is 27.7 Å². The van der Waals surface area contributed by atoms with Crippen LogP contribution >= 0.6 is 0 Å². The molecule has 1 N–H and O–H groups in total. The molecule has 3 heteroatoms. The molecular formula is C15H28F2O. The van der Waals surface area contributed by atoms with E-state index < -0.39 is 11.5 Å². The van der Waals surface area contributed by atoms with E-state index in [1.807, 2.05) is 0 Å². The zero-order valence-electron chi connectivity index (χ0n) is 12.2. The Balaban J connectivity index is 2.61. The van der Waals surface area contributed by atoms with Crippen LogP contribution in [0.1, 0.15) is 66.2 Å². The first-order valence-corrected chi connectivity index (χ1v) is 7.22. The van der Waals surface area contributed by atoms with Gasteiger partial charge in [0.05, 0.1) is 5.60 Å². The third-order valence-corrected chi connectivity index (χ3v) is 3.75. The van der Waals surface area contributed by atoms with Crippen LogP contribution in [0.3, 0.4) is 0 Å². The fraction of sp³-hybridized carbons (Fsp3) is 1.00. The summed E-state index contributed by atoms with van der Waals surface area (Å²) in [6.07, 6.45) is 2.49. The summed E-state index contributed by atoms with van der Waals surface area (Å²) >= 11 is 0. The van der Waals surface area contributed by atoms with Crippen LogP contribution < -0.4 is 0 Å². The Labute approximate surface area is 110 Å². The van der Waals surface area contributed by atoms with Crippen molar-refractivity contribution in [1.82, 2.24) is 0 Å². The highest BCUT2D eigenvalue weighted by Gasteiger charge is 2.42. The lowest BCUT2D eigenvalue weighted by Crippen LogP contribution is -2.34. The maximum absolute atomic E-state index is 13.2. The Hall–Kier alpha value is -0.180. The average Bonchev–Trinajstić information content (AvgIpc) is 2.40. The molecule has 0 aromatic carbocycles. The quantitative estimate of drug-likeness (QED) is 0.739. The van der Waals surface area contributed by atoms with E-state index in [4.69, 9.17) is 0 Å². The van der Waals surface area contributed by atoms with Crippen molar-refractivity contribution >= 4 is 0 Å². The zero-order valence-corrected chi connectivity index (χ0v) is 12.2. The van der Waals surface area contributed by atoms with Crippen LogP contribution in [0.2, 0.25) is 0 Å². The molecule has 108 valence electrons. The summed E-state index contributed by atoms with van der Waals surface area (Å²) in [6, 6.07) is 0. The van der Waals surface area contributed by atoms with Gasteiger partial charge in [-0.25, -0.2) is 8.78 Å². The molecule has 0 bridgehead atoms. The highest BCUT2D eigenvalue weighted by molar-refractivity contribution is 4.89. The van der Waals surface area contributed by atoms with Gasteiger partial charge < -0.3 is 5.11 Å². The first-order valence-electron chi connectivity index (χ1n) is 7.22. The first-order chi connectivity index (χ1) is 8.12. The molecule has 0 spiro atoms. The van der Waals surface area contributed by atoms with E-state index in [1.165, 1.54) is 0 Å². The molecule has 0 amide bonds. The van der Waals surface area contributed by atoms with Gasteiger partial charge in [-0.2, -0.15) is 0 Å². The van der Waals surface area contributed by atoms with Crippen LogP contribution in [0.25, 0.3) is 0 Å². The predicted octanol–water partition coefficient (Wildman–Crippen LogP) is 4.64. The van der Waals surface area contributed by atoms with Crippen LogP contribution in [0, 0.1) is 17.8 Å². The van der Waals surface area contributed by atoms with E-state index in [-0.39, 0.29) is 18.8 Å². The maximum atomic E-state index is 13.2. The summed E-state index contributed by atoms with van der Waals surface area (Å²) in [5.41, 5.74) is -0.757. The SMILES string of the molecule is CC(C)CC(O)(CC(C)C)CC1CCC(F)(F)C1. The summed E-state index contributed by atoms with van der Waals surface area (Å²) in [6.45, 7) is 8.31. The Kier molecular flexibility index (Phi) is 5.16. The molecule has 0 radical (unpaired) electrons. The molecular weight excluding hydrogens is 234 g/mol. The van der Waals surface area contributed by atoms with Gasteiger partial charge in [-0.3, -0.25) is 0 Å². The molecule has 1 nitrogen and oxygen atoms in total. The molecule has 1 rings (SSSR count). The van der Waals surface area contributed by atoms with Crippen molar-refractivity contribution in [2.75, 3.05) is 0 Å². The van der Waals surface area contributed by atoms with Gasteiger partial charge in [0.25, 0.3) is 0 Å². The van der Waals surface area contributed by atoms with Gasteiger partial charge in [-0.1, -0.05) is 27.7 Å². The van der Waals surface area contributed by atoms with Gasteiger partial charge in [-0.05, 0) is 43.4 Å². The van der Waals surface area contributed by atoms with Crippen molar-refractivity contribution in [1.29, 1.82) is 0 Å². The van der Waals surface area contributed by atoms with Crippen molar-refractivity contribution < 1.29 is 13.9 Å². The van der Waals surface area contributed by atoms with Crippen molar-refractivity contribution in [3.8, 4) is 0 Å². The summed E-state index contributed by atoms with van der Waals surface area (Å²) in [5.74, 6) is -1.71. The number of alkyl halides is 2. The van der Waals surface area contributed by atoms with Gasteiger partial charge in [0.1, 0.15) is 0 Å². The topological polar surface area (TPSA) is 20.2 Å². The summed E-state index contributed by atoms with van der Waals surface area (Å²) in [7, 11) is 0. The third kappa shape index (κ3) is 5.21. The van der Waals surface area contributed by atoms with Crippen molar-refractivity contribution in [3.63, 3.8) is 0 Å². The zero-order chi connectivity index (χ0) is 14.0. The van der Waals surface area contributed by atoms with Crippen molar-refractivity contribution in [3.05, 3.63) is 0 Å². The Morgan fingerprint density at radius 2 is 1.67 bits per heavy atom. The van der Waals surface area contributed by atoms with Crippen LogP contribution in [0.5, 0.6) is 0 Å². The van der Waals surface area contributed by atoms with E-state index in [0.717, 1.165) is 0 Å². The number of rotatable bonds is 6. The molecule has 0 saturated heterocycles. The van der Waals surface area contributed by atoms with Crippen LogP contribution in [0.15, 0.2) is 0 Å². The smallest absolute Gasteiger partial charge is 0.248 e. The van der Waals surface area contributed by atoms with Crippen LogP contribution in [-0.4, -0.2) is 16.6 Å². The highest BCUT2D eigenvalue weighted by atomic mass is 19.3. The van der Waals surface area contributed by atoms with Gasteiger partial charge in [0.2, 0.25) is 5.92 Å². The number of hydrogen-bond donors (Lipinski definition) is 1. The maximum Gasteiger partial charge on any atom is 0.248 e. The largest absolute Gasteiger partial charge is 0.390 e. The van der Waals surface area contributed by atoms with Crippen molar-refractivity contribution in [2.24, 2.45) is 17.8 Å². The molecule has 1 saturated carbocycles. The minimum absolute atomic E-state index is 0.00287. The Morgan fingerprint density at radius 1 is 1.17 bits per heavy atom. The summed E-state index contributed by atoms with van der Waals surface area (Å²) in [4.78, 5) is 0. The van der Waals surface area contributed by atoms with Gasteiger partial charge >= 0.3 is 0 Å². The fourth-order valence-electron chi connectivity index (χ4n) is 3.52. The molecule has 1 aliphatic rings. The van der Waals surface area contributed by atoms with Crippen LogP contribution in [-0.2, 0) is 0 Å². The molecule has 1 fully saturated rings. The Morgan fingerprint density at radius 3 is 2.00 bits per heavy atom. The third-order valence-electron chi connectivity index (χ3n) is 3.75. The molecule has 1 unspecified atom stereocenters. The number of aliphatic hydroxyl groups is 1. The van der Waals surface area contributed by atoms with E-state index in [9.17, 15) is 13.9 Å². The Bertz CT molecular complexity index is 251. The monoisotopic (exact) mass is 262 g/mol. The van der Waals surface area contributed by atoms with Gasteiger partial charge in [0.15, 0.2) is 0 Å². The minimum Gasteiger partial charge on any atom is -0.390 e. The molecule has 0 aromatic rings. The molecule has 0 aromatic heterocycles. The number of halogens is 2. The summed E-state index contributed by atoms with van der Waals surface area (Å²) < 4.78 is 26.4. The number of hydrogen-bond acceptors (Lipinski definition) is 1. The lowest BCUT2D eigenvalue weighted by atomic mass is 9.78.